The number of fused-ring (bicyclic) bond motifs is 10. The number of hydrogen-bond donors (Lipinski definition) is 0. The molecular formula is C35H21N5. The molecule has 0 N–H and O–H groups in total. The topological polar surface area (TPSA) is 48.5 Å². The van der Waals surface area contributed by atoms with Gasteiger partial charge in [-0.2, -0.15) is 0 Å². The van der Waals surface area contributed by atoms with Crippen LogP contribution in [0.4, 0.5) is 0 Å². The van der Waals surface area contributed by atoms with Gasteiger partial charge >= 0.3 is 0 Å². The van der Waals surface area contributed by atoms with E-state index in [1.807, 2.05) is 42.7 Å². The van der Waals surface area contributed by atoms with E-state index in [4.69, 9.17) is 15.0 Å². The molecule has 0 aliphatic heterocycles. The second-order valence-electron chi connectivity index (χ2n) is 10.1. The maximum Gasteiger partial charge on any atom is 0.235 e. The van der Waals surface area contributed by atoms with Gasteiger partial charge in [0.05, 0.1) is 33.1 Å². The lowest BCUT2D eigenvalue weighted by Crippen LogP contribution is -2.03. The normalized spacial score (nSPS) is 12.0. The van der Waals surface area contributed by atoms with Crippen LogP contribution in [-0.2, 0) is 0 Å². The van der Waals surface area contributed by atoms with Gasteiger partial charge in [0.15, 0.2) is 0 Å². The Labute approximate surface area is 228 Å². The lowest BCUT2D eigenvalue weighted by Gasteiger charge is -2.12. The van der Waals surface area contributed by atoms with Crippen molar-refractivity contribution in [1.29, 1.82) is 0 Å². The lowest BCUT2D eigenvalue weighted by molar-refractivity contribution is 1.01. The predicted molar refractivity (Wildman–Crippen MR) is 164 cm³/mol. The summed E-state index contributed by atoms with van der Waals surface area (Å²) in [5.74, 6) is 0.634. The molecule has 0 aliphatic rings. The fourth-order valence-corrected chi connectivity index (χ4v) is 6.28. The SMILES string of the molecule is c1ccc(-n2c3ccccc3c3ccc4c5ccc6cccnc6c5n(-c5ncc6ccccc6n5)c4c32)cc1. The van der Waals surface area contributed by atoms with Crippen molar-refractivity contribution in [2.45, 2.75) is 0 Å². The standard InChI is InChI=1S/C35H21N5/c1-2-11-24(12-3-1)39-30-15-7-5-13-25(30)26-18-19-28-27-17-16-22-10-8-20-36-31(22)32(27)40(34(28)33(26)39)35-37-21-23-9-4-6-14-29(23)38-35/h1-21H. The molecule has 5 nitrogen and oxygen atoms in total. The molecule has 0 atom stereocenters. The average molecular weight is 512 g/mol. The Morgan fingerprint density at radius 2 is 1.18 bits per heavy atom. The van der Waals surface area contributed by atoms with Crippen LogP contribution < -0.4 is 0 Å². The first-order chi connectivity index (χ1) is 19.9. The van der Waals surface area contributed by atoms with Crippen molar-refractivity contribution in [3.05, 3.63) is 128 Å². The Morgan fingerprint density at radius 1 is 0.475 bits per heavy atom. The van der Waals surface area contributed by atoms with E-state index in [2.05, 4.69) is 94.1 Å². The third-order valence-electron chi connectivity index (χ3n) is 7.99. The second kappa shape index (κ2) is 7.98. The Kier molecular flexibility index (Phi) is 4.27. The van der Waals surface area contributed by atoms with E-state index in [1.165, 1.54) is 10.8 Å². The highest BCUT2D eigenvalue weighted by molar-refractivity contribution is 6.26. The fraction of sp³-hybridized carbons (Fsp3) is 0. The van der Waals surface area contributed by atoms with Crippen LogP contribution in [0.1, 0.15) is 0 Å². The number of para-hydroxylation sites is 3. The summed E-state index contributed by atoms with van der Waals surface area (Å²) < 4.78 is 4.60. The molecule has 186 valence electrons. The van der Waals surface area contributed by atoms with Gasteiger partial charge in [-0.15, -0.1) is 0 Å². The largest absolute Gasteiger partial charge is 0.307 e. The molecule has 0 unspecified atom stereocenters. The predicted octanol–water partition coefficient (Wildman–Crippen LogP) is 8.37. The summed E-state index contributed by atoms with van der Waals surface area (Å²) in [5, 5.41) is 6.77. The second-order valence-corrected chi connectivity index (χ2v) is 10.1. The molecule has 0 saturated carbocycles. The smallest absolute Gasteiger partial charge is 0.235 e. The third-order valence-corrected chi connectivity index (χ3v) is 7.99. The van der Waals surface area contributed by atoms with Crippen molar-refractivity contribution in [2.24, 2.45) is 0 Å². The van der Waals surface area contributed by atoms with Crippen LogP contribution in [0.2, 0.25) is 0 Å². The summed E-state index contributed by atoms with van der Waals surface area (Å²) in [6.07, 6.45) is 3.78. The van der Waals surface area contributed by atoms with E-state index in [0.29, 0.717) is 5.95 Å². The van der Waals surface area contributed by atoms with Gasteiger partial charge in [-0.3, -0.25) is 9.55 Å². The van der Waals surface area contributed by atoms with Crippen LogP contribution in [0.15, 0.2) is 128 Å². The van der Waals surface area contributed by atoms with Gasteiger partial charge in [0.2, 0.25) is 5.95 Å². The molecule has 0 bridgehead atoms. The van der Waals surface area contributed by atoms with E-state index < -0.39 is 0 Å². The number of hydrogen-bond acceptors (Lipinski definition) is 3. The molecule has 4 heterocycles. The first kappa shape index (κ1) is 21.4. The molecular weight excluding hydrogens is 490 g/mol. The van der Waals surface area contributed by atoms with Crippen molar-refractivity contribution >= 4 is 65.4 Å². The minimum atomic E-state index is 0.634. The average Bonchev–Trinajstić information content (AvgIpc) is 3.55. The zero-order valence-corrected chi connectivity index (χ0v) is 21.4. The highest BCUT2D eigenvalue weighted by atomic mass is 15.2. The van der Waals surface area contributed by atoms with Crippen LogP contribution in [0.25, 0.3) is 77.1 Å². The van der Waals surface area contributed by atoms with E-state index in [1.54, 1.807) is 0 Å². The van der Waals surface area contributed by atoms with Gasteiger partial charge in [-0.1, -0.05) is 84.9 Å². The quantitative estimate of drug-likeness (QED) is 0.234. The summed E-state index contributed by atoms with van der Waals surface area (Å²) in [6.45, 7) is 0. The fourth-order valence-electron chi connectivity index (χ4n) is 6.28. The monoisotopic (exact) mass is 511 g/mol. The third kappa shape index (κ3) is 2.83. The first-order valence-electron chi connectivity index (χ1n) is 13.4. The summed E-state index contributed by atoms with van der Waals surface area (Å²) in [6, 6.07) is 40.3. The lowest BCUT2D eigenvalue weighted by atomic mass is 10.1. The maximum absolute atomic E-state index is 5.10. The Bertz CT molecular complexity index is 2430. The van der Waals surface area contributed by atoms with Crippen LogP contribution in [-0.4, -0.2) is 24.1 Å². The number of nitrogens with zero attached hydrogens (tertiary/aromatic N) is 5. The van der Waals surface area contributed by atoms with Crippen LogP contribution in [0.3, 0.4) is 0 Å². The van der Waals surface area contributed by atoms with Crippen LogP contribution >= 0.6 is 0 Å². The Balaban J connectivity index is 1.58. The molecule has 9 rings (SSSR count). The van der Waals surface area contributed by atoms with E-state index in [9.17, 15) is 0 Å². The van der Waals surface area contributed by atoms with Crippen LogP contribution in [0, 0.1) is 0 Å². The van der Waals surface area contributed by atoms with Crippen molar-refractivity contribution in [3.63, 3.8) is 0 Å². The summed E-state index contributed by atoms with van der Waals surface area (Å²) in [5.41, 5.74) is 7.33. The molecule has 9 aromatic rings. The van der Waals surface area contributed by atoms with Gasteiger partial charge in [0, 0.05) is 50.4 Å². The zero-order valence-electron chi connectivity index (χ0n) is 21.4. The molecule has 0 spiro atoms. The number of benzene rings is 5. The molecule has 0 saturated heterocycles. The highest BCUT2D eigenvalue weighted by Crippen LogP contribution is 2.42. The van der Waals surface area contributed by atoms with Gasteiger partial charge < -0.3 is 4.57 Å². The van der Waals surface area contributed by atoms with Crippen molar-refractivity contribution < 1.29 is 0 Å². The molecule has 5 aromatic carbocycles. The van der Waals surface area contributed by atoms with Crippen molar-refractivity contribution in [2.75, 3.05) is 0 Å². The van der Waals surface area contributed by atoms with E-state index in [-0.39, 0.29) is 0 Å². The van der Waals surface area contributed by atoms with Gasteiger partial charge in [-0.25, -0.2) is 9.97 Å². The Hall–Kier alpha value is -5.55. The molecule has 5 heteroatoms. The number of pyridine rings is 1. The number of rotatable bonds is 2. The molecule has 4 aromatic heterocycles. The highest BCUT2D eigenvalue weighted by Gasteiger charge is 2.23. The van der Waals surface area contributed by atoms with Crippen molar-refractivity contribution in [3.8, 4) is 11.6 Å². The molecule has 0 aliphatic carbocycles. The summed E-state index contributed by atoms with van der Waals surface area (Å²) in [4.78, 5) is 14.9. The minimum absolute atomic E-state index is 0.634. The maximum atomic E-state index is 5.10. The van der Waals surface area contributed by atoms with Gasteiger partial charge in [0.1, 0.15) is 0 Å². The van der Waals surface area contributed by atoms with E-state index >= 15 is 0 Å². The Morgan fingerprint density at radius 3 is 2.10 bits per heavy atom. The van der Waals surface area contributed by atoms with Crippen molar-refractivity contribution in [1.82, 2.24) is 24.1 Å². The zero-order chi connectivity index (χ0) is 26.2. The first-order valence-corrected chi connectivity index (χ1v) is 13.4. The van der Waals surface area contributed by atoms with Crippen LogP contribution in [0.5, 0.6) is 0 Å². The molecule has 40 heavy (non-hydrogen) atoms. The van der Waals surface area contributed by atoms with Gasteiger partial charge in [-0.05, 0) is 30.3 Å². The molecule has 0 radical (unpaired) electrons. The van der Waals surface area contributed by atoms with E-state index in [0.717, 1.165) is 60.3 Å². The summed E-state index contributed by atoms with van der Waals surface area (Å²) in [7, 11) is 0. The molecule has 0 fully saturated rings. The summed E-state index contributed by atoms with van der Waals surface area (Å²) >= 11 is 0. The molecule has 0 amide bonds. The number of aromatic nitrogens is 5. The van der Waals surface area contributed by atoms with Gasteiger partial charge in [0.25, 0.3) is 0 Å². The minimum Gasteiger partial charge on any atom is -0.307 e.